The van der Waals surface area contributed by atoms with Crippen LogP contribution >= 0.6 is 0 Å². The molecule has 2 aromatic rings. The predicted octanol–water partition coefficient (Wildman–Crippen LogP) is 2.41. The van der Waals surface area contributed by atoms with E-state index in [0.717, 1.165) is 23.4 Å². The van der Waals surface area contributed by atoms with Crippen LogP contribution in [-0.4, -0.2) is 42.8 Å². The van der Waals surface area contributed by atoms with Gasteiger partial charge in [-0.3, -0.25) is 4.98 Å². The molecule has 0 aliphatic carbocycles. The van der Waals surface area contributed by atoms with Gasteiger partial charge in [-0.05, 0) is 26.2 Å². The number of oxime groups is 1. The first-order chi connectivity index (χ1) is 9.77. The largest absolute Gasteiger partial charge is 0.394 e. The Morgan fingerprint density at radius 2 is 1.70 bits per heavy atom. The second-order valence-electron chi connectivity index (χ2n) is 4.68. The summed E-state index contributed by atoms with van der Waals surface area (Å²) in [5.41, 5.74) is 2.85. The van der Waals surface area contributed by atoms with Gasteiger partial charge in [-0.1, -0.05) is 35.5 Å². The zero-order valence-corrected chi connectivity index (χ0v) is 11.9. The minimum Gasteiger partial charge on any atom is -0.394 e. The van der Waals surface area contributed by atoms with E-state index >= 15 is 0 Å². The number of rotatable bonds is 6. The lowest BCUT2D eigenvalue weighted by Crippen LogP contribution is -2.17. The standard InChI is InChI=1S/C16H19N3O/c1-19(2)12-13-20-18-16(14-6-4-3-5-7-14)15-8-10-17-11-9-15/h3-11H,12-13H2,1-2H3/b18-16+. The van der Waals surface area contributed by atoms with E-state index in [4.69, 9.17) is 4.84 Å². The molecule has 4 nitrogen and oxygen atoms in total. The van der Waals surface area contributed by atoms with E-state index < -0.39 is 0 Å². The van der Waals surface area contributed by atoms with Crippen molar-refractivity contribution in [3.05, 3.63) is 66.0 Å². The first kappa shape index (κ1) is 14.2. The van der Waals surface area contributed by atoms with Gasteiger partial charge in [-0.15, -0.1) is 0 Å². The number of hydrogen-bond donors (Lipinski definition) is 0. The molecular formula is C16H19N3O. The minimum absolute atomic E-state index is 0.564. The average molecular weight is 269 g/mol. The van der Waals surface area contributed by atoms with Crippen LogP contribution in [0.15, 0.2) is 60.0 Å². The summed E-state index contributed by atoms with van der Waals surface area (Å²) >= 11 is 0. The number of likely N-dealkylation sites (N-methyl/N-ethyl adjacent to an activating group) is 1. The predicted molar refractivity (Wildman–Crippen MR) is 80.8 cm³/mol. The van der Waals surface area contributed by atoms with Crippen molar-refractivity contribution >= 4 is 5.71 Å². The summed E-state index contributed by atoms with van der Waals surface area (Å²) < 4.78 is 0. The van der Waals surface area contributed by atoms with Gasteiger partial charge in [0.05, 0.1) is 0 Å². The number of aromatic nitrogens is 1. The quantitative estimate of drug-likeness (QED) is 0.459. The Hall–Kier alpha value is -2.20. The van der Waals surface area contributed by atoms with Gasteiger partial charge in [0.15, 0.2) is 0 Å². The molecule has 0 unspecified atom stereocenters. The fourth-order valence-corrected chi connectivity index (χ4v) is 1.71. The summed E-state index contributed by atoms with van der Waals surface area (Å²) in [4.78, 5) is 11.5. The second-order valence-corrected chi connectivity index (χ2v) is 4.68. The summed E-state index contributed by atoms with van der Waals surface area (Å²) in [7, 11) is 4.02. The zero-order chi connectivity index (χ0) is 14.2. The average Bonchev–Trinajstić information content (AvgIpc) is 2.49. The summed E-state index contributed by atoms with van der Waals surface area (Å²) in [6.07, 6.45) is 3.52. The third kappa shape index (κ3) is 4.17. The van der Waals surface area contributed by atoms with E-state index in [9.17, 15) is 0 Å². The molecule has 0 radical (unpaired) electrons. The topological polar surface area (TPSA) is 37.7 Å². The molecule has 0 aliphatic rings. The molecule has 4 heteroatoms. The maximum atomic E-state index is 5.44. The molecule has 1 aromatic heterocycles. The van der Waals surface area contributed by atoms with E-state index in [1.165, 1.54) is 0 Å². The van der Waals surface area contributed by atoms with Crippen LogP contribution in [0.25, 0.3) is 0 Å². The van der Waals surface area contributed by atoms with Crippen molar-refractivity contribution in [2.75, 3.05) is 27.2 Å². The third-order valence-corrected chi connectivity index (χ3v) is 2.79. The first-order valence-corrected chi connectivity index (χ1v) is 6.58. The number of benzene rings is 1. The molecule has 0 saturated heterocycles. The van der Waals surface area contributed by atoms with E-state index in [2.05, 4.69) is 15.0 Å². The van der Waals surface area contributed by atoms with Gasteiger partial charge < -0.3 is 9.74 Å². The van der Waals surface area contributed by atoms with Crippen molar-refractivity contribution < 1.29 is 4.84 Å². The lowest BCUT2D eigenvalue weighted by Gasteiger charge is -2.10. The Labute approximate surface area is 119 Å². The molecule has 104 valence electrons. The molecule has 0 atom stereocenters. The molecule has 20 heavy (non-hydrogen) atoms. The van der Waals surface area contributed by atoms with Crippen LogP contribution in [0, 0.1) is 0 Å². The second kappa shape index (κ2) is 7.40. The summed E-state index contributed by atoms with van der Waals surface area (Å²) in [6.45, 7) is 1.40. The molecule has 1 heterocycles. The highest BCUT2D eigenvalue weighted by Gasteiger charge is 2.07. The third-order valence-electron chi connectivity index (χ3n) is 2.79. The molecule has 0 N–H and O–H groups in total. The van der Waals surface area contributed by atoms with Gasteiger partial charge in [0.25, 0.3) is 0 Å². The van der Waals surface area contributed by atoms with Gasteiger partial charge in [-0.25, -0.2) is 0 Å². The summed E-state index contributed by atoms with van der Waals surface area (Å²) in [6, 6.07) is 13.9. The highest BCUT2D eigenvalue weighted by molar-refractivity contribution is 6.12. The molecule has 2 rings (SSSR count). The molecule has 0 fully saturated rings. The molecule has 0 amide bonds. The Kier molecular flexibility index (Phi) is 5.26. The van der Waals surface area contributed by atoms with E-state index in [1.54, 1.807) is 12.4 Å². The molecule has 0 saturated carbocycles. The van der Waals surface area contributed by atoms with Crippen LogP contribution in [0.2, 0.25) is 0 Å². The Balaban J connectivity index is 2.19. The van der Waals surface area contributed by atoms with Gasteiger partial charge in [0.2, 0.25) is 0 Å². The van der Waals surface area contributed by atoms with E-state index in [-0.39, 0.29) is 0 Å². The van der Waals surface area contributed by atoms with Crippen LogP contribution in [0.1, 0.15) is 11.1 Å². The van der Waals surface area contributed by atoms with E-state index in [0.29, 0.717) is 6.61 Å². The van der Waals surface area contributed by atoms with Gasteiger partial charge in [0.1, 0.15) is 12.3 Å². The van der Waals surface area contributed by atoms with Crippen molar-refractivity contribution in [1.82, 2.24) is 9.88 Å². The fourth-order valence-electron chi connectivity index (χ4n) is 1.71. The van der Waals surface area contributed by atoms with Crippen molar-refractivity contribution in [2.24, 2.45) is 5.16 Å². The Morgan fingerprint density at radius 3 is 2.35 bits per heavy atom. The highest BCUT2D eigenvalue weighted by Crippen LogP contribution is 2.10. The number of hydrogen-bond acceptors (Lipinski definition) is 4. The lowest BCUT2D eigenvalue weighted by atomic mass is 10.0. The number of pyridine rings is 1. The van der Waals surface area contributed by atoms with Crippen LogP contribution in [0.4, 0.5) is 0 Å². The monoisotopic (exact) mass is 269 g/mol. The smallest absolute Gasteiger partial charge is 0.129 e. The van der Waals surface area contributed by atoms with Crippen LogP contribution in [0.3, 0.4) is 0 Å². The molecule has 0 bridgehead atoms. The molecule has 0 aliphatic heterocycles. The van der Waals surface area contributed by atoms with Crippen LogP contribution in [-0.2, 0) is 4.84 Å². The normalized spacial score (nSPS) is 11.7. The zero-order valence-electron chi connectivity index (χ0n) is 11.9. The summed E-state index contributed by atoms with van der Waals surface area (Å²) in [5.74, 6) is 0. The van der Waals surface area contributed by atoms with Crippen molar-refractivity contribution in [3.8, 4) is 0 Å². The van der Waals surface area contributed by atoms with Crippen LogP contribution in [0.5, 0.6) is 0 Å². The Morgan fingerprint density at radius 1 is 1.05 bits per heavy atom. The Bertz CT molecular complexity index is 497. The lowest BCUT2D eigenvalue weighted by molar-refractivity contribution is 0.126. The molecule has 0 spiro atoms. The first-order valence-electron chi connectivity index (χ1n) is 6.58. The maximum absolute atomic E-state index is 5.44. The highest BCUT2D eigenvalue weighted by atomic mass is 16.6. The summed E-state index contributed by atoms with van der Waals surface area (Å²) in [5, 5.41) is 4.30. The van der Waals surface area contributed by atoms with E-state index in [1.807, 2.05) is 56.6 Å². The van der Waals surface area contributed by atoms with Gasteiger partial charge in [-0.2, -0.15) is 0 Å². The fraction of sp³-hybridized carbons (Fsp3) is 0.250. The molecule has 1 aromatic carbocycles. The van der Waals surface area contributed by atoms with Gasteiger partial charge >= 0.3 is 0 Å². The van der Waals surface area contributed by atoms with Crippen LogP contribution < -0.4 is 0 Å². The maximum Gasteiger partial charge on any atom is 0.129 e. The van der Waals surface area contributed by atoms with Crippen molar-refractivity contribution in [2.45, 2.75) is 0 Å². The van der Waals surface area contributed by atoms with Crippen molar-refractivity contribution in [1.29, 1.82) is 0 Å². The SMILES string of the molecule is CN(C)CCO/N=C(\c1ccccc1)c1ccncc1. The minimum atomic E-state index is 0.564. The van der Waals surface area contributed by atoms with Gasteiger partial charge in [0, 0.05) is 30.1 Å². The van der Waals surface area contributed by atoms with Crippen molar-refractivity contribution in [3.63, 3.8) is 0 Å². The molecular weight excluding hydrogens is 250 g/mol. The number of nitrogens with zero attached hydrogens (tertiary/aromatic N) is 3.